The Morgan fingerprint density at radius 1 is 0.138 bits per heavy atom. The molecule has 0 heterocycles. The van der Waals surface area contributed by atoms with E-state index in [0.29, 0.717) is 0 Å². The molecule has 4 aliphatic rings. The molecular formula is C80H48. The summed E-state index contributed by atoms with van der Waals surface area (Å²) in [5, 5.41) is 15.5. The van der Waals surface area contributed by atoms with Gasteiger partial charge in [0.15, 0.2) is 0 Å². The molecule has 0 fully saturated rings. The lowest BCUT2D eigenvalue weighted by Crippen LogP contribution is -1.95. The van der Waals surface area contributed by atoms with Crippen molar-refractivity contribution in [3.63, 3.8) is 0 Å². The van der Waals surface area contributed by atoms with Gasteiger partial charge in [0.05, 0.1) is 0 Å². The molecule has 0 nitrogen and oxygen atoms in total. The lowest BCUT2D eigenvalue weighted by molar-refractivity contribution is 1.56. The van der Waals surface area contributed by atoms with E-state index in [0.717, 1.165) is 0 Å². The number of hydrogen-bond donors (Lipinski definition) is 0. The zero-order valence-electron chi connectivity index (χ0n) is 43.7. The molecule has 0 amide bonds. The van der Waals surface area contributed by atoms with E-state index in [1.54, 1.807) is 0 Å². The number of rotatable bonds is 4. The molecule has 4 aliphatic carbocycles. The molecule has 80 heavy (non-hydrogen) atoms. The van der Waals surface area contributed by atoms with Gasteiger partial charge in [-0.15, -0.1) is 0 Å². The zero-order chi connectivity index (χ0) is 52.4. The predicted octanol–water partition coefficient (Wildman–Crippen LogP) is 20.8. The first kappa shape index (κ1) is 44.7. The van der Waals surface area contributed by atoms with Crippen molar-refractivity contribution in [2.45, 2.75) is 0 Å². The third kappa shape index (κ3) is 6.51. The van der Waals surface area contributed by atoms with Crippen molar-refractivity contribution in [2.75, 3.05) is 0 Å². The summed E-state index contributed by atoms with van der Waals surface area (Å²) in [6, 6.07) is 107. The van der Waals surface area contributed by atoms with Crippen LogP contribution >= 0.6 is 0 Å². The fourth-order valence-corrected chi connectivity index (χ4v) is 14.2. The topological polar surface area (TPSA) is 0 Å². The summed E-state index contributed by atoms with van der Waals surface area (Å²) in [5.74, 6) is 0. The van der Waals surface area contributed by atoms with Gasteiger partial charge in [0.2, 0.25) is 0 Å². The minimum atomic E-state index is 1.27. The van der Waals surface area contributed by atoms with Crippen molar-refractivity contribution in [2.24, 2.45) is 0 Å². The average Bonchev–Trinajstić information content (AvgIpc) is 3.56. The van der Waals surface area contributed by atoms with E-state index in [9.17, 15) is 0 Å². The van der Waals surface area contributed by atoms with Crippen LogP contribution in [-0.4, -0.2) is 0 Å². The summed E-state index contributed by atoms with van der Waals surface area (Å²) in [6.45, 7) is 0. The van der Waals surface area contributed by atoms with Gasteiger partial charge in [-0.25, -0.2) is 0 Å². The first-order valence-corrected chi connectivity index (χ1v) is 27.9. The highest BCUT2D eigenvalue weighted by molar-refractivity contribution is 6.41. The minimum Gasteiger partial charge on any atom is -0.0622 e. The Morgan fingerprint density at radius 2 is 0.438 bits per heavy atom. The highest BCUT2D eigenvalue weighted by Gasteiger charge is 2.41. The summed E-state index contributed by atoms with van der Waals surface area (Å²) >= 11 is 0. The Kier molecular flexibility index (Phi) is 9.81. The predicted molar refractivity (Wildman–Crippen MR) is 340 cm³/mol. The SMILES string of the molecule is c1ccc(C2=C3C(=C(c4ccc5ccccc5c4)c4ccc5ccccc5c43)c3c2ccc2ccccc32)cc1.c1ccc(C2=C3C(=C(c4cccc5ccccc45)c4ccc5ccccc5c43)c3c2ccc2ccccc32)cc1. The van der Waals surface area contributed by atoms with Crippen LogP contribution < -0.4 is 0 Å². The van der Waals surface area contributed by atoms with Crippen molar-refractivity contribution in [1.82, 2.24) is 0 Å². The second-order valence-electron chi connectivity index (χ2n) is 21.7. The van der Waals surface area contributed by atoms with E-state index in [2.05, 4.69) is 291 Å². The van der Waals surface area contributed by atoms with E-state index in [1.165, 1.54) is 176 Å². The molecular weight excluding hydrogens is 961 g/mol. The van der Waals surface area contributed by atoms with Crippen LogP contribution in [0.2, 0.25) is 0 Å². The van der Waals surface area contributed by atoms with Crippen LogP contribution in [0, 0.1) is 0 Å². The molecule has 0 saturated heterocycles. The average molecular weight is 1010 g/mol. The van der Waals surface area contributed by atoms with Crippen LogP contribution in [0.25, 0.3) is 109 Å². The molecule has 0 saturated carbocycles. The third-order valence-corrected chi connectivity index (χ3v) is 17.5. The van der Waals surface area contributed by atoms with E-state index < -0.39 is 0 Å². The fourth-order valence-electron chi connectivity index (χ4n) is 14.2. The number of allylic oxidation sites excluding steroid dienone is 4. The highest BCUT2D eigenvalue weighted by atomic mass is 14.4. The summed E-state index contributed by atoms with van der Waals surface area (Å²) in [4.78, 5) is 0. The van der Waals surface area contributed by atoms with Crippen molar-refractivity contribution >= 4 is 109 Å². The molecule has 0 unspecified atom stereocenters. The quantitative estimate of drug-likeness (QED) is 0.165. The minimum absolute atomic E-state index is 1.27. The molecule has 0 N–H and O–H groups in total. The molecule has 0 aromatic heterocycles. The van der Waals surface area contributed by atoms with E-state index >= 15 is 0 Å². The number of hydrogen-bond acceptors (Lipinski definition) is 0. The maximum atomic E-state index is 2.38. The Bertz CT molecular complexity index is 5120. The molecule has 14 aromatic rings. The maximum absolute atomic E-state index is 2.38. The zero-order valence-corrected chi connectivity index (χ0v) is 43.7. The van der Waals surface area contributed by atoms with Gasteiger partial charge in [-0.1, -0.05) is 285 Å². The van der Waals surface area contributed by atoms with Crippen molar-refractivity contribution in [3.05, 3.63) is 358 Å². The van der Waals surface area contributed by atoms with Crippen LogP contribution in [0.3, 0.4) is 0 Å². The van der Waals surface area contributed by atoms with Crippen LogP contribution in [-0.2, 0) is 0 Å². The largest absolute Gasteiger partial charge is 0.0622 e. The van der Waals surface area contributed by atoms with Crippen LogP contribution in [0.4, 0.5) is 0 Å². The number of benzene rings is 14. The lowest BCUT2D eigenvalue weighted by atomic mass is 9.87. The van der Waals surface area contributed by atoms with Crippen LogP contribution in [0.5, 0.6) is 0 Å². The molecule has 0 heteroatoms. The second-order valence-corrected chi connectivity index (χ2v) is 21.7. The molecule has 0 bridgehead atoms. The Hall–Kier alpha value is -10.4. The molecule has 14 aromatic carbocycles. The van der Waals surface area contributed by atoms with Crippen LogP contribution in [0.1, 0.15) is 66.8 Å². The van der Waals surface area contributed by atoms with Gasteiger partial charge in [0.1, 0.15) is 0 Å². The van der Waals surface area contributed by atoms with Crippen molar-refractivity contribution in [3.8, 4) is 0 Å². The summed E-state index contributed by atoms with van der Waals surface area (Å²) in [7, 11) is 0. The molecule has 18 rings (SSSR count). The van der Waals surface area contributed by atoms with Gasteiger partial charge in [-0.3, -0.25) is 0 Å². The smallest absolute Gasteiger partial charge is 0.0000937 e. The molecule has 0 aliphatic heterocycles. The summed E-state index contributed by atoms with van der Waals surface area (Å²) in [5.41, 5.74) is 26.7. The highest BCUT2D eigenvalue weighted by Crippen LogP contribution is 2.63. The van der Waals surface area contributed by atoms with E-state index in [-0.39, 0.29) is 0 Å². The third-order valence-electron chi connectivity index (χ3n) is 17.5. The normalized spacial score (nSPS) is 13.8. The second kappa shape index (κ2) is 17.6. The van der Waals surface area contributed by atoms with Gasteiger partial charge < -0.3 is 0 Å². The first-order valence-electron chi connectivity index (χ1n) is 27.9. The number of fused-ring (bicyclic) bond motifs is 20. The standard InChI is InChI=1S/2C40H24/c1-2-14-28(15-3-1)35-33-23-21-26-12-5-8-18-30(26)36(33)40-38(32-20-10-16-25-11-4-7-17-29(25)32)34-24-22-27-13-6-9-19-31(27)37(34)39(35)40;1-2-13-28(14-3-1)35-33-22-20-26-11-6-8-16-31(26)37(33)40-36(30-19-18-25-10-4-5-15-29(25)24-30)34-23-21-27-12-7-9-17-32(27)38(34)39(35)40/h2*1-24H. The molecule has 0 spiro atoms. The lowest BCUT2D eigenvalue weighted by Gasteiger charge is -2.16. The Labute approximate surface area is 464 Å². The Morgan fingerprint density at radius 3 is 0.875 bits per heavy atom. The first-order chi connectivity index (χ1) is 39.7. The summed E-state index contributed by atoms with van der Waals surface area (Å²) < 4.78 is 0. The van der Waals surface area contributed by atoms with E-state index in [1.807, 2.05) is 0 Å². The maximum Gasteiger partial charge on any atom is -0.0000937 e. The van der Waals surface area contributed by atoms with Gasteiger partial charge in [-0.2, -0.15) is 0 Å². The van der Waals surface area contributed by atoms with Gasteiger partial charge >= 0.3 is 0 Å². The molecule has 368 valence electrons. The summed E-state index contributed by atoms with van der Waals surface area (Å²) in [6.07, 6.45) is 0. The Balaban J connectivity index is 0.000000128. The van der Waals surface area contributed by atoms with E-state index in [4.69, 9.17) is 0 Å². The van der Waals surface area contributed by atoms with Gasteiger partial charge in [-0.05, 0) is 182 Å². The van der Waals surface area contributed by atoms with Crippen molar-refractivity contribution < 1.29 is 0 Å². The fraction of sp³-hybridized carbons (Fsp3) is 0. The van der Waals surface area contributed by atoms with Gasteiger partial charge in [0, 0.05) is 0 Å². The molecule has 0 atom stereocenters. The van der Waals surface area contributed by atoms with Gasteiger partial charge in [0.25, 0.3) is 0 Å². The van der Waals surface area contributed by atoms with Crippen molar-refractivity contribution in [1.29, 1.82) is 0 Å². The molecule has 0 radical (unpaired) electrons. The monoisotopic (exact) mass is 1010 g/mol. The van der Waals surface area contributed by atoms with Crippen LogP contribution in [0.15, 0.2) is 291 Å².